The predicted octanol–water partition coefficient (Wildman–Crippen LogP) is 8.01. The Morgan fingerprint density at radius 2 is 1.50 bits per heavy atom. The number of unbranched alkanes of at least 4 members (excludes halogenated alkanes) is 5. The second-order valence-corrected chi connectivity index (χ2v) is 9.04. The second kappa shape index (κ2) is 10.7. The van der Waals surface area contributed by atoms with Crippen LogP contribution in [0.1, 0.15) is 118 Å². The third-order valence-corrected chi connectivity index (χ3v) is 6.87. The van der Waals surface area contributed by atoms with E-state index in [0.717, 1.165) is 17.8 Å². The predicted molar refractivity (Wildman–Crippen MR) is 101 cm³/mol. The lowest BCUT2D eigenvalue weighted by atomic mass is 9.71. The quantitative estimate of drug-likeness (QED) is 0.283. The van der Waals surface area contributed by atoms with E-state index >= 15 is 0 Å². The molecule has 3 atom stereocenters. The molecular formula is C22H44. The molecule has 1 aliphatic rings. The zero-order chi connectivity index (χ0) is 16.4. The minimum atomic E-state index is 0.656. The van der Waals surface area contributed by atoms with E-state index in [1.54, 1.807) is 0 Å². The van der Waals surface area contributed by atoms with Crippen molar-refractivity contribution in [1.82, 2.24) is 0 Å². The average Bonchev–Trinajstić information content (AvgIpc) is 2.64. The lowest BCUT2D eigenvalue weighted by molar-refractivity contribution is 0.163. The normalized spacial score (nSPS) is 27.8. The van der Waals surface area contributed by atoms with Gasteiger partial charge in [-0.1, -0.05) is 105 Å². The third-order valence-electron chi connectivity index (χ3n) is 6.87. The summed E-state index contributed by atoms with van der Waals surface area (Å²) >= 11 is 0. The van der Waals surface area contributed by atoms with Crippen LogP contribution in [0.2, 0.25) is 0 Å². The van der Waals surface area contributed by atoms with Crippen molar-refractivity contribution < 1.29 is 0 Å². The molecule has 3 unspecified atom stereocenters. The summed E-state index contributed by atoms with van der Waals surface area (Å²) in [4.78, 5) is 0. The fraction of sp³-hybridized carbons (Fsp3) is 1.00. The van der Waals surface area contributed by atoms with Gasteiger partial charge in [-0.05, 0) is 36.0 Å². The van der Waals surface area contributed by atoms with E-state index in [-0.39, 0.29) is 0 Å². The van der Waals surface area contributed by atoms with Gasteiger partial charge in [0, 0.05) is 0 Å². The van der Waals surface area contributed by atoms with Gasteiger partial charge in [0.1, 0.15) is 0 Å². The number of hydrogen-bond acceptors (Lipinski definition) is 0. The van der Waals surface area contributed by atoms with E-state index in [9.17, 15) is 0 Å². The van der Waals surface area contributed by atoms with Crippen molar-refractivity contribution >= 4 is 0 Å². The molecule has 0 radical (unpaired) electrons. The van der Waals surface area contributed by atoms with Crippen LogP contribution in [0, 0.1) is 23.2 Å². The Morgan fingerprint density at radius 3 is 2.18 bits per heavy atom. The highest BCUT2D eigenvalue weighted by molar-refractivity contribution is 4.82. The molecule has 0 N–H and O–H groups in total. The molecule has 0 heterocycles. The van der Waals surface area contributed by atoms with Gasteiger partial charge in [0.25, 0.3) is 0 Å². The first-order chi connectivity index (χ1) is 10.5. The summed E-state index contributed by atoms with van der Waals surface area (Å²) in [5.41, 5.74) is 0.656. The van der Waals surface area contributed by atoms with E-state index < -0.39 is 0 Å². The first kappa shape index (κ1) is 20.0. The molecule has 0 aromatic rings. The van der Waals surface area contributed by atoms with Crippen molar-refractivity contribution in [2.24, 2.45) is 23.2 Å². The van der Waals surface area contributed by atoms with Crippen LogP contribution in [0.15, 0.2) is 0 Å². The summed E-state index contributed by atoms with van der Waals surface area (Å²) in [5.74, 6) is 2.73. The topological polar surface area (TPSA) is 0 Å². The zero-order valence-electron chi connectivity index (χ0n) is 16.4. The van der Waals surface area contributed by atoms with Crippen molar-refractivity contribution in [3.05, 3.63) is 0 Å². The molecule has 132 valence electrons. The molecule has 1 saturated carbocycles. The van der Waals surface area contributed by atoms with Gasteiger partial charge in [-0.3, -0.25) is 0 Å². The van der Waals surface area contributed by atoms with Crippen LogP contribution < -0.4 is 0 Å². The fourth-order valence-corrected chi connectivity index (χ4v) is 4.16. The summed E-state index contributed by atoms with van der Waals surface area (Å²) in [6.45, 7) is 12.2. The maximum atomic E-state index is 2.58. The molecule has 0 saturated heterocycles. The number of hydrogen-bond donors (Lipinski definition) is 0. The maximum absolute atomic E-state index is 2.58. The Morgan fingerprint density at radius 1 is 0.864 bits per heavy atom. The summed E-state index contributed by atoms with van der Waals surface area (Å²) in [6.07, 6.45) is 19.1. The summed E-state index contributed by atoms with van der Waals surface area (Å²) < 4.78 is 0. The first-order valence-electron chi connectivity index (χ1n) is 10.5. The zero-order valence-corrected chi connectivity index (χ0v) is 16.4. The largest absolute Gasteiger partial charge is 0.0625 e. The highest BCUT2D eigenvalue weighted by atomic mass is 14.4. The molecule has 1 rings (SSSR count). The Balaban J connectivity index is 2.03. The monoisotopic (exact) mass is 308 g/mol. The van der Waals surface area contributed by atoms with E-state index in [1.807, 2.05) is 0 Å². The molecular weight excluding hydrogens is 264 g/mol. The van der Waals surface area contributed by atoms with Crippen molar-refractivity contribution in [2.45, 2.75) is 118 Å². The van der Waals surface area contributed by atoms with Crippen LogP contribution in [0.25, 0.3) is 0 Å². The summed E-state index contributed by atoms with van der Waals surface area (Å²) in [5, 5.41) is 0. The highest BCUT2D eigenvalue weighted by Gasteiger charge is 2.31. The highest BCUT2D eigenvalue weighted by Crippen LogP contribution is 2.43. The Bertz CT molecular complexity index is 267. The van der Waals surface area contributed by atoms with Crippen molar-refractivity contribution in [3.63, 3.8) is 0 Å². The number of rotatable bonds is 10. The standard InChI is InChI=1S/C22H44/c1-19(2)20(3)15-11-8-6-7-9-13-17-22(5)18-14-10-12-16-21(22)4/h19-21H,6-18H2,1-5H3. The Kier molecular flexibility index (Phi) is 9.76. The Hall–Kier alpha value is 0. The summed E-state index contributed by atoms with van der Waals surface area (Å²) in [6, 6.07) is 0. The van der Waals surface area contributed by atoms with Crippen LogP contribution in [0.3, 0.4) is 0 Å². The van der Waals surface area contributed by atoms with Crippen molar-refractivity contribution in [1.29, 1.82) is 0 Å². The van der Waals surface area contributed by atoms with Crippen LogP contribution >= 0.6 is 0 Å². The van der Waals surface area contributed by atoms with E-state index in [2.05, 4.69) is 34.6 Å². The van der Waals surface area contributed by atoms with E-state index in [1.165, 1.54) is 83.5 Å². The minimum absolute atomic E-state index is 0.656. The van der Waals surface area contributed by atoms with E-state index in [4.69, 9.17) is 0 Å². The van der Waals surface area contributed by atoms with Crippen LogP contribution in [-0.2, 0) is 0 Å². The molecule has 1 fully saturated rings. The van der Waals surface area contributed by atoms with Gasteiger partial charge >= 0.3 is 0 Å². The SMILES string of the molecule is CC(C)C(C)CCCCCCCCC1(C)CCCCCC1C. The molecule has 0 bridgehead atoms. The molecule has 0 nitrogen and oxygen atoms in total. The van der Waals surface area contributed by atoms with Gasteiger partial charge in [0.2, 0.25) is 0 Å². The summed E-state index contributed by atoms with van der Waals surface area (Å²) in [7, 11) is 0. The minimum Gasteiger partial charge on any atom is -0.0625 e. The van der Waals surface area contributed by atoms with Crippen LogP contribution in [-0.4, -0.2) is 0 Å². The van der Waals surface area contributed by atoms with Crippen LogP contribution in [0.5, 0.6) is 0 Å². The Labute approximate surface area is 141 Å². The second-order valence-electron chi connectivity index (χ2n) is 9.04. The first-order valence-corrected chi connectivity index (χ1v) is 10.5. The van der Waals surface area contributed by atoms with Crippen LogP contribution in [0.4, 0.5) is 0 Å². The molecule has 1 aliphatic carbocycles. The van der Waals surface area contributed by atoms with Gasteiger partial charge in [0.15, 0.2) is 0 Å². The molecule has 0 heteroatoms. The van der Waals surface area contributed by atoms with E-state index in [0.29, 0.717) is 5.41 Å². The van der Waals surface area contributed by atoms with Gasteiger partial charge in [0.05, 0.1) is 0 Å². The fourth-order valence-electron chi connectivity index (χ4n) is 4.16. The molecule has 0 amide bonds. The molecule has 0 aromatic carbocycles. The smallest absolute Gasteiger partial charge is 0.0300 e. The average molecular weight is 309 g/mol. The van der Waals surface area contributed by atoms with Gasteiger partial charge in [-0.15, -0.1) is 0 Å². The maximum Gasteiger partial charge on any atom is -0.0300 e. The molecule has 0 aliphatic heterocycles. The van der Waals surface area contributed by atoms with Gasteiger partial charge < -0.3 is 0 Å². The van der Waals surface area contributed by atoms with Gasteiger partial charge in [-0.25, -0.2) is 0 Å². The van der Waals surface area contributed by atoms with Crippen molar-refractivity contribution in [2.75, 3.05) is 0 Å². The molecule has 0 spiro atoms. The molecule has 22 heavy (non-hydrogen) atoms. The van der Waals surface area contributed by atoms with Crippen molar-refractivity contribution in [3.8, 4) is 0 Å². The lowest BCUT2D eigenvalue weighted by Crippen LogP contribution is -2.24. The third kappa shape index (κ3) is 7.51. The van der Waals surface area contributed by atoms with Gasteiger partial charge in [-0.2, -0.15) is 0 Å². The molecule has 0 aromatic heterocycles. The lowest BCUT2D eigenvalue weighted by Gasteiger charge is -2.34.